The predicted molar refractivity (Wildman–Crippen MR) is 124 cm³/mol. The number of rotatable bonds is 8. The number of nitrogens with zero attached hydrogens (tertiary/aromatic N) is 2. The lowest BCUT2D eigenvalue weighted by Crippen LogP contribution is -2.49. The van der Waals surface area contributed by atoms with Crippen LogP contribution in [0.4, 0.5) is 5.00 Å². The summed E-state index contributed by atoms with van der Waals surface area (Å²) in [6.45, 7) is 5.41. The summed E-state index contributed by atoms with van der Waals surface area (Å²) >= 11 is 1.79. The molecule has 1 aromatic heterocycles. The van der Waals surface area contributed by atoms with Crippen LogP contribution < -0.4 is 25.6 Å². The van der Waals surface area contributed by atoms with E-state index in [9.17, 15) is 4.79 Å². The molecular weight excluding hydrogens is 398 g/mol. The van der Waals surface area contributed by atoms with Crippen LogP contribution in [0.25, 0.3) is 0 Å². The zero-order valence-electron chi connectivity index (χ0n) is 17.7. The topological polar surface area (TPSA) is 78.0 Å². The number of hydrogen-bond donors (Lipinski definition) is 3. The number of nitrogens with one attached hydrogen (secondary N) is 3. The monoisotopic (exact) mass is 429 g/mol. The fraction of sp³-hybridized carbons (Fsp3) is 0.455. The maximum atomic E-state index is 12.2. The fourth-order valence-corrected chi connectivity index (χ4v) is 4.14. The highest BCUT2D eigenvalue weighted by molar-refractivity contribution is 7.14. The molecule has 3 rings (SSSR count). The summed E-state index contributed by atoms with van der Waals surface area (Å²) < 4.78 is 5.15. The van der Waals surface area contributed by atoms with Crippen LogP contribution >= 0.6 is 11.3 Å². The van der Waals surface area contributed by atoms with E-state index >= 15 is 0 Å². The molecule has 3 N–H and O–H groups in total. The van der Waals surface area contributed by atoms with E-state index in [1.807, 2.05) is 31.2 Å². The molecule has 7 nitrogen and oxygen atoms in total. The Balaban J connectivity index is 1.43. The summed E-state index contributed by atoms with van der Waals surface area (Å²) in [6, 6.07) is 12.3. The molecule has 1 amide bonds. The van der Waals surface area contributed by atoms with Gasteiger partial charge in [0.1, 0.15) is 12.3 Å². The van der Waals surface area contributed by atoms with Gasteiger partial charge >= 0.3 is 0 Å². The van der Waals surface area contributed by atoms with Crippen LogP contribution in [0.1, 0.15) is 25.3 Å². The Morgan fingerprint density at radius 3 is 2.60 bits per heavy atom. The molecule has 0 bridgehead atoms. The van der Waals surface area contributed by atoms with E-state index in [0.717, 1.165) is 43.8 Å². The van der Waals surface area contributed by atoms with Crippen molar-refractivity contribution in [2.45, 2.75) is 32.4 Å². The third-order valence-electron chi connectivity index (χ3n) is 5.03. The highest BCUT2D eigenvalue weighted by Gasteiger charge is 2.20. The summed E-state index contributed by atoms with van der Waals surface area (Å²) in [5.41, 5.74) is 1.02. The molecule has 1 aliphatic heterocycles. The highest BCUT2D eigenvalue weighted by Crippen LogP contribution is 2.24. The minimum absolute atomic E-state index is 0.0968. The molecule has 30 heavy (non-hydrogen) atoms. The summed E-state index contributed by atoms with van der Waals surface area (Å²) in [5, 5.41) is 13.1. The third-order valence-corrected chi connectivity index (χ3v) is 5.96. The number of piperidine rings is 1. The van der Waals surface area contributed by atoms with Crippen LogP contribution in [0.5, 0.6) is 5.75 Å². The Labute approximate surface area is 182 Å². The summed E-state index contributed by atoms with van der Waals surface area (Å²) in [7, 11) is 1.64. The normalized spacial score (nSPS) is 15.0. The number of carbonyl (C=O) groups is 1. The summed E-state index contributed by atoms with van der Waals surface area (Å²) in [4.78, 5) is 19.1. The van der Waals surface area contributed by atoms with Gasteiger partial charge in [-0.05, 0) is 55.0 Å². The molecule has 2 aromatic rings. The Hall–Kier alpha value is -2.74. The molecule has 0 radical (unpaired) electrons. The Bertz CT molecular complexity index is 799. The van der Waals surface area contributed by atoms with Gasteiger partial charge in [0.05, 0.1) is 12.1 Å². The van der Waals surface area contributed by atoms with Gasteiger partial charge in [-0.25, -0.2) is 4.99 Å². The minimum Gasteiger partial charge on any atom is -0.497 e. The van der Waals surface area contributed by atoms with Crippen LogP contribution in [0.2, 0.25) is 0 Å². The highest BCUT2D eigenvalue weighted by atomic mass is 32.1. The molecule has 2 heterocycles. The number of anilines is 1. The Morgan fingerprint density at radius 1 is 1.20 bits per heavy atom. The number of aliphatic imine (C=N–C) groups is 1. The van der Waals surface area contributed by atoms with Gasteiger partial charge in [-0.15, -0.1) is 11.3 Å². The van der Waals surface area contributed by atoms with Gasteiger partial charge in [-0.1, -0.05) is 12.1 Å². The smallest absolute Gasteiger partial charge is 0.242 e. The first kappa shape index (κ1) is 22.0. The van der Waals surface area contributed by atoms with Gasteiger partial charge in [-0.3, -0.25) is 4.79 Å². The number of carbonyl (C=O) groups excluding carboxylic acids is 1. The van der Waals surface area contributed by atoms with E-state index < -0.39 is 0 Å². The first-order chi connectivity index (χ1) is 14.7. The van der Waals surface area contributed by atoms with Crippen molar-refractivity contribution in [2.24, 2.45) is 4.99 Å². The number of benzene rings is 1. The van der Waals surface area contributed by atoms with Crippen molar-refractivity contribution >= 4 is 28.2 Å². The lowest BCUT2D eigenvalue weighted by Gasteiger charge is -2.33. The molecule has 1 aromatic carbocycles. The quantitative estimate of drug-likeness (QED) is 0.444. The zero-order valence-corrected chi connectivity index (χ0v) is 18.5. The number of amides is 1. The molecule has 0 atom stereocenters. The molecule has 1 fully saturated rings. The van der Waals surface area contributed by atoms with Crippen molar-refractivity contribution < 1.29 is 9.53 Å². The maximum absolute atomic E-state index is 12.2. The molecule has 0 spiro atoms. The maximum Gasteiger partial charge on any atom is 0.242 e. The molecular formula is C22H31N5O2S. The van der Waals surface area contributed by atoms with Gasteiger partial charge in [0.2, 0.25) is 5.91 Å². The lowest BCUT2D eigenvalue weighted by atomic mass is 10.1. The first-order valence-corrected chi connectivity index (χ1v) is 11.3. The fourth-order valence-electron chi connectivity index (χ4n) is 3.36. The number of hydrogen-bond acceptors (Lipinski definition) is 5. The van der Waals surface area contributed by atoms with E-state index in [2.05, 4.69) is 43.4 Å². The van der Waals surface area contributed by atoms with Gasteiger partial charge in [0.15, 0.2) is 5.96 Å². The third kappa shape index (κ3) is 6.66. The molecule has 0 unspecified atom stereocenters. The average molecular weight is 430 g/mol. The van der Waals surface area contributed by atoms with E-state index in [1.165, 1.54) is 5.00 Å². The standard InChI is InChI=1S/C22H31N5O2S/c1-3-23-22(26-18-10-12-27(13-11-18)21-5-4-14-30-21)25-16-20(28)24-15-17-6-8-19(29-2)9-7-17/h4-9,14,18H,3,10-13,15-16H2,1-2H3,(H,24,28)(H2,23,25,26). The van der Waals surface area contributed by atoms with Gasteiger partial charge in [-0.2, -0.15) is 0 Å². The predicted octanol–water partition coefficient (Wildman–Crippen LogP) is 2.60. The number of thiophene rings is 1. The van der Waals surface area contributed by atoms with Crippen molar-refractivity contribution in [3.63, 3.8) is 0 Å². The van der Waals surface area contributed by atoms with Crippen molar-refractivity contribution in [2.75, 3.05) is 38.2 Å². The molecule has 0 saturated carbocycles. The SMILES string of the molecule is CCNC(=NCC(=O)NCc1ccc(OC)cc1)NC1CCN(c2cccs2)CC1. The molecule has 0 aliphatic carbocycles. The molecule has 162 valence electrons. The first-order valence-electron chi connectivity index (χ1n) is 10.4. The van der Waals surface area contributed by atoms with Crippen molar-refractivity contribution in [3.8, 4) is 5.75 Å². The van der Waals surface area contributed by atoms with Crippen LogP contribution in [0, 0.1) is 0 Å². The van der Waals surface area contributed by atoms with Crippen molar-refractivity contribution in [1.82, 2.24) is 16.0 Å². The second kappa shape index (κ2) is 11.4. The number of guanidine groups is 1. The van der Waals surface area contributed by atoms with Crippen LogP contribution in [0.3, 0.4) is 0 Å². The summed E-state index contributed by atoms with van der Waals surface area (Å²) in [5.74, 6) is 1.40. The van der Waals surface area contributed by atoms with Crippen molar-refractivity contribution in [1.29, 1.82) is 0 Å². The Kier molecular flexibility index (Phi) is 8.38. The van der Waals surface area contributed by atoms with Crippen LogP contribution in [-0.4, -0.2) is 51.2 Å². The second-order valence-electron chi connectivity index (χ2n) is 7.18. The van der Waals surface area contributed by atoms with Gasteiger partial charge in [0.25, 0.3) is 0 Å². The van der Waals surface area contributed by atoms with Gasteiger partial charge < -0.3 is 25.6 Å². The minimum atomic E-state index is -0.101. The Morgan fingerprint density at radius 2 is 1.97 bits per heavy atom. The zero-order chi connectivity index (χ0) is 21.2. The molecule has 1 aliphatic rings. The number of ether oxygens (including phenoxy) is 1. The number of methoxy groups -OCH3 is 1. The van der Waals surface area contributed by atoms with E-state index in [1.54, 1.807) is 18.4 Å². The average Bonchev–Trinajstić information content (AvgIpc) is 3.32. The largest absolute Gasteiger partial charge is 0.497 e. The molecule has 8 heteroatoms. The van der Waals surface area contributed by atoms with Crippen molar-refractivity contribution in [3.05, 3.63) is 47.3 Å². The van der Waals surface area contributed by atoms with Crippen LogP contribution in [-0.2, 0) is 11.3 Å². The summed E-state index contributed by atoms with van der Waals surface area (Å²) in [6.07, 6.45) is 2.10. The van der Waals surface area contributed by atoms with Gasteiger partial charge in [0, 0.05) is 32.2 Å². The van der Waals surface area contributed by atoms with E-state index in [-0.39, 0.29) is 12.5 Å². The molecule has 1 saturated heterocycles. The second-order valence-corrected chi connectivity index (χ2v) is 8.10. The van der Waals surface area contributed by atoms with Crippen LogP contribution in [0.15, 0.2) is 46.8 Å². The lowest BCUT2D eigenvalue weighted by molar-refractivity contribution is -0.119. The van der Waals surface area contributed by atoms with E-state index in [0.29, 0.717) is 18.5 Å². The van der Waals surface area contributed by atoms with E-state index in [4.69, 9.17) is 4.74 Å².